The molecule has 0 saturated heterocycles. The summed E-state index contributed by atoms with van der Waals surface area (Å²) in [5.41, 5.74) is 5.38. The first-order valence-electron chi connectivity index (χ1n) is 11.6. The van der Waals surface area contributed by atoms with Crippen LogP contribution in [0.5, 0.6) is 17.2 Å². The minimum atomic E-state index is -0.174. The molecular formula is C30H25N3O4. The summed E-state index contributed by atoms with van der Waals surface area (Å²) in [6.45, 7) is 0. The molecule has 0 saturated carbocycles. The highest BCUT2D eigenvalue weighted by atomic mass is 16.5. The number of hydrogen-bond donors (Lipinski definition) is 0. The van der Waals surface area contributed by atoms with E-state index in [9.17, 15) is 4.79 Å². The molecule has 0 amide bonds. The zero-order valence-electron chi connectivity index (χ0n) is 20.7. The SMILES string of the molecule is COc1ccc(-c2cc(/C=C/C(=O)c3ccc(OC)c(OC)c3)nc3cc(-c4ccccc4)nn23)cc1. The highest BCUT2D eigenvalue weighted by Gasteiger charge is 2.13. The van der Waals surface area contributed by atoms with Crippen LogP contribution in [0.15, 0.2) is 91.0 Å². The van der Waals surface area contributed by atoms with Crippen LogP contribution in [-0.2, 0) is 0 Å². The predicted octanol–water partition coefficient (Wildman–Crippen LogP) is 5.99. The van der Waals surface area contributed by atoms with Crippen LogP contribution >= 0.6 is 0 Å². The van der Waals surface area contributed by atoms with Crippen molar-refractivity contribution in [1.82, 2.24) is 14.6 Å². The summed E-state index contributed by atoms with van der Waals surface area (Å²) in [6, 6.07) is 26.6. The van der Waals surface area contributed by atoms with Gasteiger partial charge < -0.3 is 14.2 Å². The van der Waals surface area contributed by atoms with Crippen LogP contribution in [0.3, 0.4) is 0 Å². The topological polar surface area (TPSA) is 75.0 Å². The van der Waals surface area contributed by atoms with Crippen molar-refractivity contribution in [3.63, 3.8) is 0 Å². The summed E-state index contributed by atoms with van der Waals surface area (Å²) in [5, 5.41) is 4.83. The first-order chi connectivity index (χ1) is 18.1. The molecule has 0 fully saturated rings. The van der Waals surface area contributed by atoms with E-state index in [-0.39, 0.29) is 5.78 Å². The molecule has 7 heteroatoms. The van der Waals surface area contributed by atoms with Gasteiger partial charge in [-0.25, -0.2) is 9.50 Å². The number of rotatable bonds is 8. The monoisotopic (exact) mass is 491 g/mol. The molecule has 3 aromatic carbocycles. The average Bonchev–Trinajstić information content (AvgIpc) is 3.40. The van der Waals surface area contributed by atoms with Gasteiger partial charge in [-0.3, -0.25) is 4.79 Å². The molecule has 0 spiro atoms. The summed E-state index contributed by atoms with van der Waals surface area (Å²) >= 11 is 0. The van der Waals surface area contributed by atoms with Gasteiger partial charge in [0.1, 0.15) is 5.75 Å². The van der Waals surface area contributed by atoms with Gasteiger partial charge in [0, 0.05) is 22.8 Å². The van der Waals surface area contributed by atoms with Crippen molar-refractivity contribution in [2.75, 3.05) is 21.3 Å². The van der Waals surface area contributed by atoms with Crippen molar-refractivity contribution in [2.24, 2.45) is 0 Å². The molecule has 0 aliphatic heterocycles. The van der Waals surface area contributed by atoms with Gasteiger partial charge in [-0.2, -0.15) is 5.10 Å². The number of nitrogens with zero attached hydrogens (tertiary/aromatic N) is 3. The Morgan fingerprint density at radius 2 is 1.54 bits per heavy atom. The van der Waals surface area contributed by atoms with Gasteiger partial charge in [-0.1, -0.05) is 30.3 Å². The molecule has 7 nitrogen and oxygen atoms in total. The molecule has 0 N–H and O–H groups in total. The number of carbonyl (C=O) groups excluding carboxylic acids is 1. The average molecular weight is 492 g/mol. The van der Waals surface area contributed by atoms with E-state index in [1.54, 1.807) is 38.5 Å². The zero-order valence-corrected chi connectivity index (χ0v) is 20.7. The maximum atomic E-state index is 12.9. The third-order valence-corrected chi connectivity index (χ3v) is 5.98. The fourth-order valence-corrected chi connectivity index (χ4v) is 4.04. The molecule has 184 valence electrons. The van der Waals surface area contributed by atoms with Crippen LogP contribution in [0.2, 0.25) is 0 Å². The number of methoxy groups -OCH3 is 3. The van der Waals surface area contributed by atoms with Gasteiger partial charge in [-0.05, 0) is 60.7 Å². The summed E-state index contributed by atoms with van der Waals surface area (Å²) < 4.78 is 17.7. The molecular weight excluding hydrogens is 466 g/mol. The number of benzene rings is 3. The van der Waals surface area contributed by atoms with Crippen LogP contribution < -0.4 is 14.2 Å². The highest BCUT2D eigenvalue weighted by molar-refractivity contribution is 6.07. The molecule has 0 bridgehead atoms. The van der Waals surface area contributed by atoms with Gasteiger partial charge in [0.25, 0.3) is 0 Å². The van der Waals surface area contributed by atoms with E-state index in [1.807, 2.05) is 71.2 Å². The Labute approximate surface area is 214 Å². The molecule has 37 heavy (non-hydrogen) atoms. The highest BCUT2D eigenvalue weighted by Crippen LogP contribution is 2.29. The Morgan fingerprint density at radius 3 is 2.24 bits per heavy atom. The Balaban J connectivity index is 1.56. The van der Waals surface area contributed by atoms with E-state index in [0.717, 1.165) is 28.3 Å². The Kier molecular flexibility index (Phi) is 6.68. The van der Waals surface area contributed by atoms with Crippen molar-refractivity contribution in [3.8, 4) is 39.8 Å². The van der Waals surface area contributed by atoms with Crippen LogP contribution in [-0.4, -0.2) is 41.7 Å². The van der Waals surface area contributed by atoms with Crippen molar-refractivity contribution in [3.05, 3.63) is 102 Å². The smallest absolute Gasteiger partial charge is 0.186 e. The first-order valence-corrected chi connectivity index (χ1v) is 11.6. The van der Waals surface area contributed by atoms with E-state index >= 15 is 0 Å². The molecule has 0 aliphatic carbocycles. The molecule has 0 radical (unpaired) electrons. The lowest BCUT2D eigenvalue weighted by Gasteiger charge is -2.08. The molecule has 0 unspecified atom stereocenters. The van der Waals surface area contributed by atoms with E-state index in [4.69, 9.17) is 24.3 Å². The number of ether oxygens (including phenoxy) is 3. The minimum absolute atomic E-state index is 0.174. The maximum Gasteiger partial charge on any atom is 0.186 e. The lowest BCUT2D eigenvalue weighted by Crippen LogP contribution is -2.00. The molecule has 0 aliphatic rings. The zero-order chi connectivity index (χ0) is 25.8. The third kappa shape index (κ3) is 4.92. The molecule has 2 aromatic heterocycles. The van der Waals surface area contributed by atoms with Gasteiger partial charge in [0.2, 0.25) is 0 Å². The lowest BCUT2D eigenvalue weighted by atomic mass is 10.1. The molecule has 0 atom stereocenters. The van der Waals surface area contributed by atoms with Gasteiger partial charge in [0.15, 0.2) is 22.9 Å². The van der Waals surface area contributed by atoms with Gasteiger partial charge >= 0.3 is 0 Å². The first kappa shape index (κ1) is 23.8. The third-order valence-electron chi connectivity index (χ3n) is 5.98. The summed E-state index contributed by atoms with van der Waals surface area (Å²) in [6.07, 6.45) is 3.22. The van der Waals surface area contributed by atoms with Crippen molar-refractivity contribution < 1.29 is 19.0 Å². The number of carbonyl (C=O) groups is 1. The fraction of sp³-hybridized carbons (Fsp3) is 0.100. The minimum Gasteiger partial charge on any atom is -0.497 e. The second-order valence-corrected chi connectivity index (χ2v) is 8.23. The standard InChI is InChI=1S/C30H25N3O4/c1-35-24-13-9-21(10-14-24)26-18-23(12-15-27(34)22-11-16-28(36-2)29(17-22)37-3)31-30-19-25(32-33(26)30)20-7-5-4-6-8-20/h4-19H,1-3H3/b15-12+. The Hall–Kier alpha value is -4.91. The lowest BCUT2D eigenvalue weighted by molar-refractivity contribution is 0.104. The van der Waals surface area contributed by atoms with E-state index < -0.39 is 0 Å². The predicted molar refractivity (Wildman–Crippen MR) is 143 cm³/mol. The maximum absolute atomic E-state index is 12.9. The van der Waals surface area contributed by atoms with Crippen LogP contribution in [0.4, 0.5) is 0 Å². The summed E-state index contributed by atoms with van der Waals surface area (Å²) in [5.74, 6) is 1.65. The Bertz CT molecular complexity index is 1590. The van der Waals surface area contributed by atoms with Crippen LogP contribution in [0, 0.1) is 0 Å². The normalized spacial score (nSPS) is 11.1. The van der Waals surface area contributed by atoms with Crippen molar-refractivity contribution >= 4 is 17.5 Å². The quantitative estimate of drug-likeness (QED) is 0.196. The largest absolute Gasteiger partial charge is 0.497 e. The van der Waals surface area contributed by atoms with Crippen LogP contribution in [0.1, 0.15) is 16.1 Å². The van der Waals surface area contributed by atoms with Gasteiger partial charge in [-0.15, -0.1) is 0 Å². The van der Waals surface area contributed by atoms with Crippen molar-refractivity contribution in [2.45, 2.75) is 0 Å². The number of ketones is 1. The number of hydrogen-bond acceptors (Lipinski definition) is 6. The van der Waals surface area contributed by atoms with E-state index in [1.165, 1.54) is 13.2 Å². The second-order valence-electron chi connectivity index (χ2n) is 8.23. The fourth-order valence-electron chi connectivity index (χ4n) is 4.04. The van der Waals surface area contributed by atoms with Crippen LogP contribution in [0.25, 0.3) is 34.2 Å². The van der Waals surface area contributed by atoms with Gasteiger partial charge in [0.05, 0.1) is 38.4 Å². The second kappa shape index (κ2) is 10.4. The van der Waals surface area contributed by atoms with E-state index in [2.05, 4.69) is 0 Å². The summed E-state index contributed by atoms with van der Waals surface area (Å²) in [4.78, 5) is 17.7. The van der Waals surface area contributed by atoms with Crippen molar-refractivity contribution in [1.29, 1.82) is 0 Å². The number of aromatic nitrogens is 3. The Morgan fingerprint density at radius 1 is 0.784 bits per heavy atom. The molecule has 5 aromatic rings. The number of allylic oxidation sites excluding steroid dienone is 1. The molecule has 5 rings (SSSR count). The summed E-state index contributed by atoms with van der Waals surface area (Å²) in [7, 11) is 4.73. The molecule has 2 heterocycles. The van der Waals surface area contributed by atoms with E-state index in [0.29, 0.717) is 28.4 Å². The number of fused-ring (bicyclic) bond motifs is 1.